The van der Waals surface area contributed by atoms with Gasteiger partial charge in [-0.3, -0.25) is 19.4 Å². The number of likely N-dealkylation sites (tertiary alicyclic amines) is 1. The van der Waals surface area contributed by atoms with E-state index in [1.165, 1.54) is 6.07 Å². The van der Waals surface area contributed by atoms with Gasteiger partial charge < -0.3 is 0 Å². The number of hydrogen-bond acceptors (Lipinski definition) is 5. The molecule has 1 aromatic carbocycles. The van der Waals surface area contributed by atoms with Crippen molar-refractivity contribution < 1.29 is 9.18 Å². The van der Waals surface area contributed by atoms with E-state index < -0.39 is 6.04 Å². The van der Waals surface area contributed by atoms with Gasteiger partial charge >= 0.3 is 0 Å². The summed E-state index contributed by atoms with van der Waals surface area (Å²) in [7, 11) is 0. The Morgan fingerprint density at radius 3 is 2.73 bits per heavy atom. The number of carbonyl (C=O) groups is 1. The Balaban J connectivity index is 1.37. The smallest absolute Gasteiger partial charge is 0.157 e. The number of aromatic nitrogens is 3. The lowest BCUT2D eigenvalue weighted by Gasteiger charge is -2.37. The summed E-state index contributed by atoms with van der Waals surface area (Å²) < 4.78 is 16.6. The molecule has 0 N–H and O–H groups in total. The molecule has 2 aliphatic rings. The molecule has 0 bridgehead atoms. The van der Waals surface area contributed by atoms with E-state index in [0.717, 1.165) is 36.2 Å². The van der Waals surface area contributed by atoms with E-state index in [9.17, 15) is 9.18 Å². The van der Waals surface area contributed by atoms with Crippen LogP contribution in [0.1, 0.15) is 42.3 Å². The minimum absolute atomic E-state index is 0.0538. The first kappa shape index (κ1) is 22.0. The number of carbonyl (C=O) groups excluding carboxylic acids is 1. The predicted molar refractivity (Wildman–Crippen MR) is 129 cm³/mol. The number of ketones is 1. The normalized spacial score (nSPS) is 21.3. The van der Waals surface area contributed by atoms with E-state index in [-0.39, 0.29) is 22.8 Å². The van der Waals surface area contributed by atoms with Crippen LogP contribution in [0.2, 0.25) is 0 Å². The molecular weight excluding hydrogens is 435 g/mol. The third kappa shape index (κ3) is 5.09. The summed E-state index contributed by atoms with van der Waals surface area (Å²) in [6, 6.07) is 13.9. The van der Waals surface area contributed by atoms with Crippen LogP contribution in [0.4, 0.5) is 4.39 Å². The highest BCUT2D eigenvalue weighted by atomic mass is 32.1. The quantitative estimate of drug-likeness (QED) is 0.523. The number of hydrogen-bond donors (Lipinski definition) is 1. The fraction of sp³-hybridized carbons (Fsp3) is 0.346. The van der Waals surface area contributed by atoms with Gasteiger partial charge in [-0.25, -0.2) is 4.39 Å². The van der Waals surface area contributed by atoms with Gasteiger partial charge in [0.05, 0.1) is 24.0 Å². The third-order valence-corrected chi connectivity index (χ3v) is 6.95. The number of nitrogens with zero attached hydrogens (tertiary/aromatic N) is 4. The van der Waals surface area contributed by atoms with E-state index in [0.29, 0.717) is 25.2 Å². The van der Waals surface area contributed by atoms with Gasteiger partial charge in [-0.2, -0.15) is 17.7 Å². The number of Topliss-reactive ketones (excluding diaryl/α,β-unsaturated/α-hetero) is 1. The average Bonchev–Trinajstić information content (AvgIpc) is 3.59. The summed E-state index contributed by atoms with van der Waals surface area (Å²) >= 11 is 4.80. The molecule has 3 heterocycles. The van der Waals surface area contributed by atoms with Crippen LogP contribution in [0.3, 0.4) is 0 Å². The SMILES string of the molecule is O=C(C1CC1)C(c1ccccc1F)N1CCC(S)C(=Cc2ccn(Cc3ccccn3)n2)C1. The van der Waals surface area contributed by atoms with Gasteiger partial charge in [0.2, 0.25) is 0 Å². The van der Waals surface area contributed by atoms with Crippen LogP contribution in [0.5, 0.6) is 0 Å². The van der Waals surface area contributed by atoms with E-state index in [1.54, 1.807) is 18.3 Å². The van der Waals surface area contributed by atoms with Gasteiger partial charge in [-0.05, 0) is 55.2 Å². The minimum atomic E-state index is -0.551. The first-order valence-electron chi connectivity index (χ1n) is 11.4. The van der Waals surface area contributed by atoms with E-state index in [1.807, 2.05) is 41.2 Å². The van der Waals surface area contributed by atoms with Gasteiger partial charge in [-0.1, -0.05) is 24.3 Å². The van der Waals surface area contributed by atoms with Crippen LogP contribution >= 0.6 is 12.6 Å². The molecule has 33 heavy (non-hydrogen) atoms. The highest BCUT2D eigenvalue weighted by Gasteiger charge is 2.40. The highest BCUT2D eigenvalue weighted by molar-refractivity contribution is 7.81. The molecule has 7 heteroatoms. The number of piperidine rings is 1. The van der Waals surface area contributed by atoms with Crippen LogP contribution < -0.4 is 0 Å². The largest absolute Gasteiger partial charge is 0.297 e. The Morgan fingerprint density at radius 1 is 1.15 bits per heavy atom. The number of thiol groups is 1. The van der Waals surface area contributed by atoms with E-state index >= 15 is 0 Å². The van der Waals surface area contributed by atoms with Crippen molar-refractivity contribution in [3.63, 3.8) is 0 Å². The molecule has 2 unspecified atom stereocenters. The zero-order valence-electron chi connectivity index (χ0n) is 18.3. The fourth-order valence-electron chi connectivity index (χ4n) is 4.46. The Hall–Kier alpha value is -2.77. The standard InChI is InChI=1S/C26H27FN4OS/c27-23-7-2-1-6-22(23)25(26(32)18-8-9-18)30-13-11-24(33)19(16-30)15-20-10-14-31(29-20)17-21-5-3-4-12-28-21/h1-7,10,12,14-15,18,24-25,33H,8-9,11,13,16-17H2. The molecule has 0 amide bonds. The van der Waals surface area contributed by atoms with Crippen molar-refractivity contribution in [1.29, 1.82) is 0 Å². The first-order chi connectivity index (χ1) is 16.1. The molecule has 1 saturated carbocycles. The molecule has 2 atom stereocenters. The van der Waals surface area contributed by atoms with Crippen LogP contribution in [-0.4, -0.2) is 43.8 Å². The fourth-order valence-corrected chi connectivity index (χ4v) is 4.73. The van der Waals surface area contributed by atoms with Gasteiger partial charge in [0.25, 0.3) is 0 Å². The van der Waals surface area contributed by atoms with Gasteiger partial charge in [0, 0.05) is 42.2 Å². The topological polar surface area (TPSA) is 51.0 Å². The van der Waals surface area contributed by atoms with Gasteiger partial charge in [0.1, 0.15) is 5.82 Å². The molecule has 170 valence electrons. The van der Waals surface area contributed by atoms with E-state index in [4.69, 9.17) is 12.6 Å². The van der Waals surface area contributed by atoms with Crippen LogP contribution in [0, 0.1) is 11.7 Å². The zero-order valence-corrected chi connectivity index (χ0v) is 19.2. The number of rotatable bonds is 7. The van der Waals surface area contributed by atoms with Gasteiger partial charge in [-0.15, -0.1) is 0 Å². The maximum atomic E-state index is 14.7. The van der Waals surface area contributed by atoms with Crippen molar-refractivity contribution in [2.75, 3.05) is 13.1 Å². The molecule has 3 aromatic rings. The minimum Gasteiger partial charge on any atom is -0.297 e. The molecule has 1 aliphatic heterocycles. The summed E-state index contributed by atoms with van der Waals surface area (Å²) in [5.74, 6) is -0.127. The lowest BCUT2D eigenvalue weighted by Crippen LogP contribution is -2.42. The second-order valence-electron chi connectivity index (χ2n) is 8.85. The highest BCUT2D eigenvalue weighted by Crippen LogP contribution is 2.39. The Morgan fingerprint density at radius 2 is 1.97 bits per heavy atom. The molecule has 5 nitrogen and oxygen atoms in total. The molecular formula is C26H27FN4OS. The molecule has 2 aromatic heterocycles. The van der Waals surface area contributed by atoms with Crippen LogP contribution in [0.15, 0.2) is 66.5 Å². The summed E-state index contributed by atoms with van der Waals surface area (Å²) in [6.45, 7) is 1.88. The molecule has 0 spiro atoms. The lowest BCUT2D eigenvalue weighted by atomic mass is 9.93. The summed E-state index contributed by atoms with van der Waals surface area (Å²) in [5.41, 5.74) is 3.36. The summed E-state index contributed by atoms with van der Waals surface area (Å²) in [5, 5.41) is 4.75. The Bertz CT molecular complexity index is 1160. The zero-order chi connectivity index (χ0) is 22.8. The van der Waals surface area contributed by atoms with Crippen molar-refractivity contribution in [3.8, 4) is 0 Å². The maximum Gasteiger partial charge on any atom is 0.157 e. The summed E-state index contributed by atoms with van der Waals surface area (Å²) in [4.78, 5) is 19.7. The Kier molecular flexibility index (Phi) is 6.42. The molecule has 0 radical (unpaired) electrons. The lowest BCUT2D eigenvalue weighted by molar-refractivity contribution is -0.126. The molecule has 1 saturated heterocycles. The van der Waals surface area contributed by atoms with Crippen molar-refractivity contribution in [3.05, 3.63) is 89.3 Å². The monoisotopic (exact) mass is 462 g/mol. The van der Waals surface area contributed by atoms with Crippen molar-refractivity contribution >= 4 is 24.5 Å². The number of pyridine rings is 1. The second-order valence-corrected chi connectivity index (χ2v) is 9.48. The maximum absolute atomic E-state index is 14.7. The Labute approximate surface area is 198 Å². The molecule has 5 rings (SSSR count). The average molecular weight is 463 g/mol. The first-order valence-corrected chi connectivity index (χ1v) is 11.9. The van der Waals surface area contributed by atoms with Crippen LogP contribution in [-0.2, 0) is 11.3 Å². The third-order valence-electron chi connectivity index (χ3n) is 6.36. The molecule has 2 fully saturated rings. The van der Waals surface area contributed by atoms with Crippen LogP contribution in [0.25, 0.3) is 6.08 Å². The van der Waals surface area contributed by atoms with Gasteiger partial charge in [0.15, 0.2) is 5.78 Å². The predicted octanol–water partition coefficient (Wildman–Crippen LogP) is 4.57. The summed E-state index contributed by atoms with van der Waals surface area (Å²) in [6.07, 6.45) is 8.38. The van der Waals surface area contributed by atoms with Crippen molar-refractivity contribution in [1.82, 2.24) is 19.7 Å². The second kappa shape index (κ2) is 9.61. The van der Waals surface area contributed by atoms with Crippen molar-refractivity contribution in [2.45, 2.75) is 37.1 Å². The number of halogens is 1. The van der Waals surface area contributed by atoms with Crippen molar-refractivity contribution in [2.24, 2.45) is 5.92 Å². The number of benzene rings is 1. The van der Waals surface area contributed by atoms with E-state index in [2.05, 4.69) is 21.1 Å². The molecule has 1 aliphatic carbocycles.